The van der Waals surface area contributed by atoms with Gasteiger partial charge in [0.05, 0.1) is 13.2 Å². The highest BCUT2D eigenvalue weighted by molar-refractivity contribution is 5.61. The number of oxazole rings is 1. The Morgan fingerprint density at radius 1 is 0.759 bits per heavy atom. The summed E-state index contributed by atoms with van der Waals surface area (Å²) >= 11 is 0. The normalized spacial score (nSPS) is 11.0. The van der Waals surface area contributed by atoms with Gasteiger partial charge in [0.1, 0.15) is 11.5 Å². The second-order valence-corrected chi connectivity index (χ2v) is 7.35. The molecule has 0 amide bonds. The van der Waals surface area contributed by atoms with E-state index in [4.69, 9.17) is 14.1 Å². The molecule has 146 valence electrons. The number of aromatic nitrogens is 1. The first-order valence-electron chi connectivity index (χ1n) is 9.90. The summed E-state index contributed by atoms with van der Waals surface area (Å²) in [5.74, 6) is 1.60. The van der Waals surface area contributed by atoms with Crippen molar-refractivity contribution in [2.24, 2.45) is 0 Å². The van der Waals surface area contributed by atoms with E-state index in [1.165, 1.54) is 16.7 Å². The van der Waals surface area contributed by atoms with E-state index in [-0.39, 0.29) is 0 Å². The second-order valence-electron chi connectivity index (χ2n) is 7.35. The fourth-order valence-corrected chi connectivity index (χ4v) is 3.41. The van der Waals surface area contributed by atoms with Crippen LogP contribution in [0.5, 0.6) is 0 Å². The van der Waals surface area contributed by atoms with E-state index in [9.17, 15) is 0 Å². The first kappa shape index (κ1) is 19.2. The zero-order valence-corrected chi connectivity index (χ0v) is 16.9. The maximum Gasteiger partial charge on any atom is 0.199 e. The van der Waals surface area contributed by atoms with Crippen LogP contribution in [0.2, 0.25) is 0 Å². The Kier molecular flexibility index (Phi) is 5.87. The average Bonchev–Trinajstić information content (AvgIpc) is 3.09. The molecular weight excluding hydrogens is 358 g/mol. The molecule has 4 rings (SSSR count). The molecule has 4 aromatic rings. The van der Waals surface area contributed by atoms with Crippen molar-refractivity contribution in [3.8, 4) is 11.3 Å². The minimum absolute atomic E-state index is 0.589. The number of hydrogen-bond donors (Lipinski definition) is 0. The average molecular weight is 383 g/mol. The Morgan fingerprint density at radius 2 is 1.45 bits per heavy atom. The maximum atomic E-state index is 5.92. The Hall–Kier alpha value is -3.17. The van der Waals surface area contributed by atoms with Gasteiger partial charge in [-0.1, -0.05) is 84.4 Å². The summed E-state index contributed by atoms with van der Waals surface area (Å²) in [6.07, 6.45) is 0.702. The number of ether oxygens (including phenoxy) is 1. The Labute approximate surface area is 172 Å². The number of nitrogens with zero attached hydrogens (tertiary/aromatic N) is 1. The smallest absolute Gasteiger partial charge is 0.199 e. The lowest BCUT2D eigenvalue weighted by Crippen LogP contribution is -1.94. The van der Waals surface area contributed by atoms with Gasteiger partial charge in [-0.3, -0.25) is 0 Å². The molecular formula is C26H25NO2. The van der Waals surface area contributed by atoms with Gasteiger partial charge in [-0.2, -0.15) is 0 Å². The molecule has 0 saturated carbocycles. The van der Waals surface area contributed by atoms with Gasteiger partial charge in [0.15, 0.2) is 5.89 Å². The molecule has 0 N–H and O–H groups in total. The zero-order chi connectivity index (χ0) is 20.1. The van der Waals surface area contributed by atoms with E-state index < -0.39 is 0 Å². The van der Waals surface area contributed by atoms with Crippen molar-refractivity contribution in [2.75, 3.05) is 0 Å². The number of rotatable bonds is 7. The third-order valence-electron chi connectivity index (χ3n) is 4.89. The third kappa shape index (κ3) is 5.01. The fraction of sp³-hybridized carbons (Fsp3) is 0.192. The molecule has 0 radical (unpaired) electrons. The van der Waals surface area contributed by atoms with Crippen molar-refractivity contribution in [3.05, 3.63) is 113 Å². The predicted molar refractivity (Wildman–Crippen MR) is 116 cm³/mol. The second kappa shape index (κ2) is 8.89. The zero-order valence-electron chi connectivity index (χ0n) is 16.9. The molecule has 0 spiro atoms. The van der Waals surface area contributed by atoms with Crippen molar-refractivity contribution in [1.82, 2.24) is 4.98 Å². The standard InChI is InChI=1S/C26H25NO2/c1-19-7-6-10-23(15-19)16-25-27-26(20(2)29-25)24-13-11-22(12-14-24)18-28-17-21-8-4-3-5-9-21/h3-15H,16-18H2,1-2H3. The van der Waals surface area contributed by atoms with Gasteiger partial charge in [0.2, 0.25) is 0 Å². The van der Waals surface area contributed by atoms with Crippen LogP contribution in [0.4, 0.5) is 0 Å². The molecule has 0 unspecified atom stereocenters. The largest absolute Gasteiger partial charge is 0.445 e. The van der Waals surface area contributed by atoms with E-state index >= 15 is 0 Å². The van der Waals surface area contributed by atoms with Crippen LogP contribution >= 0.6 is 0 Å². The number of hydrogen-bond acceptors (Lipinski definition) is 3. The number of aryl methyl sites for hydroxylation is 2. The van der Waals surface area contributed by atoms with Crippen molar-refractivity contribution in [1.29, 1.82) is 0 Å². The molecule has 29 heavy (non-hydrogen) atoms. The minimum Gasteiger partial charge on any atom is -0.445 e. The summed E-state index contributed by atoms with van der Waals surface area (Å²) in [5.41, 5.74) is 6.76. The van der Waals surface area contributed by atoms with Crippen LogP contribution in [-0.2, 0) is 24.4 Å². The van der Waals surface area contributed by atoms with Gasteiger partial charge in [-0.15, -0.1) is 0 Å². The Bertz CT molecular complexity index is 1070. The summed E-state index contributed by atoms with van der Waals surface area (Å²) in [5, 5.41) is 0. The van der Waals surface area contributed by atoms with Gasteiger partial charge in [-0.25, -0.2) is 4.98 Å². The third-order valence-corrected chi connectivity index (χ3v) is 4.89. The van der Waals surface area contributed by atoms with Crippen molar-refractivity contribution >= 4 is 0 Å². The quantitative estimate of drug-likeness (QED) is 0.377. The van der Waals surface area contributed by atoms with Crippen LogP contribution in [0.15, 0.2) is 83.3 Å². The molecule has 0 aliphatic heterocycles. The highest BCUT2D eigenvalue weighted by Crippen LogP contribution is 2.25. The van der Waals surface area contributed by atoms with Crippen molar-refractivity contribution < 1.29 is 9.15 Å². The molecule has 0 fully saturated rings. The first-order valence-corrected chi connectivity index (χ1v) is 9.90. The fourth-order valence-electron chi connectivity index (χ4n) is 3.41. The lowest BCUT2D eigenvalue weighted by atomic mass is 10.1. The molecule has 1 heterocycles. The highest BCUT2D eigenvalue weighted by atomic mass is 16.5. The number of benzene rings is 3. The van der Waals surface area contributed by atoms with Gasteiger partial charge in [0, 0.05) is 12.0 Å². The van der Waals surface area contributed by atoms with Crippen LogP contribution in [0.1, 0.15) is 33.9 Å². The van der Waals surface area contributed by atoms with Crippen molar-refractivity contribution in [3.63, 3.8) is 0 Å². The van der Waals surface area contributed by atoms with Gasteiger partial charge < -0.3 is 9.15 Å². The van der Waals surface area contributed by atoms with Gasteiger partial charge in [-0.05, 0) is 30.5 Å². The van der Waals surface area contributed by atoms with Crippen LogP contribution in [0.25, 0.3) is 11.3 Å². The van der Waals surface area contributed by atoms with Crippen LogP contribution in [0, 0.1) is 13.8 Å². The summed E-state index contributed by atoms with van der Waals surface area (Å²) in [6, 6.07) is 27.0. The maximum absolute atomic E-state index is 5.92. The monoisotopic (exact) mass is 383 g/mol. The summed E-state index contributed by atoms with van der Waals surface area (Å²) in [7, 11) is 0. The van der Waals surface area contributed by atoms with E-state index in [1.807, 2.05) is 25.1 Å². The Morgan fingerprint density at radius 3 is 2.17 bits per heavy atom. The SMILES string of the molecule is Cc1cccc(Cc2nc(-c3ccc(COCc4ccccc4)cc3)c(C)o2)c1. The van der Waals surface area contributed by atoms with E-state index in [0.29, 0.717) is 19.6 Å². The molecule has 0 atom stereocenters. The lowest BCUT2D eigenvalue weighted by Gasteiger charge is -2.05. The van der Waals surface area contributed by atoms with E-state index in [0.717, 1.165) is 28.5 Å². The van der Waals surface area contributed by atoms with Crippen LogP contribution in [-0.4, -0.2) is 4.98 Å². The molecule has 3 heteroatoms. The summed E-state index contributed by atoms with van der Waals surface area (Å²) in [4.78, 5) is 4.74. The van der Waals surface area contributed by atoms with Crippen LogP contribution < -0.4 is 0 Å². The van der Waals surface area contributed by atoms with Crippen LogP contribution in [0.3, 0.4) is 0 Å². The minimum atomic E-state index is 0.589. The molecule has 0 saturated heterocycles. The molecule has 3 nitrogen and oxygen atoms in total. The predicted octanol–water partition coefficient (Wildman–Crippen LogP) is 6.27. The Balaban J connectivity index is 1.40. The lowest BCUT2D eigenvalue weighted by molar-refractivity contribution is 0.107. The summed E-state index contributed by atoms with van der Waals surface area (Å²) in [6.45, 7) is 5.28. The molecule has 1 aromatic heterocycles. The molecule has 3 aromatic carbocycles. The first-order chi connectivity index (χ1) is 14.2. The van der Waals surface area contributed by atoms with E-state index in [2.05, 4.69) is 67.6 Å². The molecule has 0 aliphatic carbocycles. The molecule has 0 bridgehead atoms. The molecule has 0 aliphatic rings. The van der Waals surface area contributed by atoms with Gasteiger partial charge >= 0.3 is 0 Å². The summed E-state index contributed by atoms with van der Waals surface area (Å²) < 4.78 is 11.7. The topological polar surface area (TPSA) is 35.3 Å². The van der Waals surface area contributed by atoms with Gasteiger partial charge in [0.25, 0.3) is 0 Å². The van der Waals surface area contributed by atoms with Crippen molar-refractivity contribution in [2.45, 2.75) is 33.5 Å². The van der Waals surface area contributed by atoms with E-state index in [1.54, 1.807) is 0 Å². The highest BCUT2D eigenvalue weighted by Gasteiger charge is 2.12.